The Balaban J connectivity index is 1.72. The van der Waals surface area contributed by atoms with Gasteiger partial charge in [0, 0.05) is 16.2 Å². The maximum absolute atomic E-state index is 13.5. The lowest BCUT2D eigenvalue weighted by atomic mass is 10.0. The van der Waals surface area contributed by atoms with Gasteiger partial charge in [-0.3, -0.25) is 9.78 Å². The molecule has 1 aliphatic heterocycles. The number of hydrogen-bond acceptors (Lipinski definition) is 5. The fourth-order valence-corrected chi connectivity index (χ4v) is 4.43. The number of furan rings is 1. The maximum Gasteiger partial charge on any atom is 0.325 e. The van der Waals surface area contributed by atoms with E-state index in [0.717, 1.165) is 5.69 Å². The predicted octanol–water partition coefficient (Wildman–Crippen LogP) is 4.78. The van der Waals surface area contributed by atoms with E-state index in [9.17, 15) is 9.18 Å². The van der Waals surface area contributed by atoms with Gasteiger partial charge in [0.1, 0.15) is 29.9 Å². The molecule has 9 heteroatoms. The molecule has 6 nitrogen and oxygen atoms in total. The number of pyridine rings is 1. The average molecular weight is 504 g/mol. The molecule has 1 aromatic carbocycles. The third-order valence-corrected chi connectivity index (χ3v) is 5.93. The molecule has 31 heavy (non-hydrogen) atoms. The monoisotopic (exact) mass is 503 g/mol. The highest BCUT2D eigenvalue weighted by molar-refractivity contribution is 9.10. The first-order valence-electron chi connectivity index (χ1n) is 9.66. The van der Waals surface area contributed by atoms with Gasteiger partial charge < -0.3 is 19.4 Å². The summed E-state index contributed by atoms with van der Waals surface area (Å²) < 4.78 is 25.4. The standard InChI is InChI=1S/C22H19BrFN3O3S/c1-2-29-19(28)12-27-21(20(26-22(27)31)16-5-3-4-10-25-16)18-9-8-17(30-18)14-7-6-13(24)11-15(14)23/h3-11,20-21H,2,12H2,1H3,(H,26,31)/t20-,21-/m0/s1. The lowest BCUT2D eigenvalue weighted by Crippen LogP contribution is -2.35. The summed E-state index contributed by atoms with van der Waals surface area (Å²) in [4.78, 5) is 18.4. The van der Waals surface area contributed by atoms with Gasteiger partial charge in [-0.05, 0) is 77.5 Å². The van der Waals surface area contributed by atoms with Crippen LogP contribution in [0.3, 0.4) is 0 Å². The number of nitrogens with zero attached hydrogens (tertiary/aromatic N) is 2. The zero-order valence-corrected chi connectivity index (χ0v) is 19.0. The van der Waals surface area contributed by atoms with Gasteiger partial charge in [-0.15, -0.1) is 0 Å². The first kappa shape index (κ1) is 21.5. The summed E-state index contributed by atoms with van der Waals surface area (Å²) in [6, 6.07) is 12.9. The van der Waals surface area contributed by atoms with Crippen LogP contribution < -0.4 is 5.32 Å². The summed E-state index contributed by atoms with van der Waals surface area (Å²) in [7, 11) is 0. The topological polar surface area (TPSA) is 67.6 Å². The quantitative estimate of drug-likeness (QED) is 0.383. The van der Waals surface area contributed by atoms with Crippen molar-refractivity contribution < 1.29 is 18.3 Å². The predicted molar refractivity (Wildman–Crippen MR) is 121 cm³/mol. The molecule has 4 rings (SSSR count). The number of benzene rings is 1. The summed E-state index contributed by atoms with van der Waals surface area (Å²) in [5, 5.41) is 3.66. The van der Waals surface area contributed by atoms with E-state index in [-0.39, 0.29) is 31.0 Å². The normalized spacial score (nSPS) is 18.2. The van der Waals surface area contributed by atoms with Gasteiger partial charge in [0.15, 0.2) is 5.11 Å². The summed E-state index contributed by atoms with van der Waals surface area (Å²) in [5.41, 5.74) is 1.48. The zero-order valence-electron chi connectivity index (χ0n) is 16.5. The van der Waals surface area contributed by atoms with E-state index in [2.05, 4.69) is 26.2 Å². The minimum Gasteiger partial charge on any atom is -0.465 e. The zero-order chi connectivity index (χ0) is 22.0. The Labute approximate surface area is 192 Å². The van der Waals surface area contributed by atoms with Crippen molar-refractivity contribution in [1.29, 1.82) is 0 Å². The van der Waals surface area contributed by atoms with E-state index < -0.39 is 6.04 Å². The van der Waals surface area contributed by atoms with E-state index >= 15 is 0 Å². The molecule has 1 fully saturated rings. The van der Waals surface area contributed by atoms with Crippen LogP contribution in [0.1, 0.15) is 30.5 Å². The summed E-state index contributed by atoms with van der Waals surface area (Å²) in [6.45, 7) is 2.01. The van der Waals surface area contributed by atoms with Crippen LogP contribution in [0.4, 0.5) is 4.39 Å². The van der Waals surface area contributed by atoms with Crippen molar-refractivity contribution in [2.75, 3.05) is 13.2 Å². The molecule has 0 bridgehead atoms. The first-order chi connectivity index (χ1) is 15.0. The van der Waals surface area contributed by atoms with E-state index in [1.54, 1.807) is 24.1 Å². The van der Waals surface area contributed by atoms with Gasteiger partial charge in [-0.2, -0.15) is 0 Å². The number of esters is 1. The van der Waals surface area contributed by atoms with Crippen molar-refractivity contribution in [3.63, 3.8) is 0 Å². The number of thiocarbonyl (C=S) groups is 1. The number of carbonyl (C=O) groups excluding carboxylic acids is 1. The summed E-state index contributed by atoms with van der Waals surface area (Å²) in [6.07, 6.45) is 1.70. The Morgan fingerprint density at radius 1 is 1.32 bits per heavy atom. The molecule has 0 saturated carbocycles. The minimum atomic E-state index is -0.417. The Bertz CT molecular complexity index is 1110. The SMILES string of the molecule is CCOC(=O)CN1C(=S)N[C@@H](c2ccccn2)[C@@H]1c1ccc(-c2ccc(F)cc2Br)o1. The molecular weight excluding hydrogens is 485 g/mol. The fourth-order valence-electron chi connectivity index (χ4n) is 3.58. The number of halogens is 2. The lowest BCUT2D eigenvalue weighted by molar-refractivity contribution is -0.143. The molecule has 0 amide bonds. The van der Waals surface area contributed by atoms with Crippen LogP contribution in [0.2, 0.25) is 0 Å². The number of hydrogen-bond donors (Lipinski definition) is 1. The van der Waals surface area contributed by atoms with Gasteiger partial charge in [0.2, 0.25) is 0 Å². The second-order valence-electron chi connectivity index (χ2n) is 6.89. The van der Waals surface area contributed by atoms with Crippen LogP contribution in [0.15, 0.2) is 63.6 Å². The van der Waals surface area contributed by atoms with E-state index in [1.807, 2.05) is 30.3 Å². The van der Waals surface area contributed by atoms with Gasteiger partial charge in [-0.25, -0.2) is 4.39 Å². The summed E-state index contributed by atoms with van der Waals surface area (Å²) >= 11 is 8.90. The third-order valence-electron chi connectivity index (χ3n) is 4.92. The van der Waals surface area contributed by atoms with Gasteiger partial charge in [0.05, 0.1) is 18.3 Å². The molecule has 3 aromatic rings. The largest absolute Gasteiger partial charge is 0.465 e. The average Bonchev–Trinajstić information content (AvgIpc) is 3.34. The van der Waals surface area contributed by atoms with E-state index in [4.69, 9.17) is 21.4 Å². The van der Waals surface area contributed by atoms with Crippen molar-refractivity contribution >= 4 is 39.2 Å². The van der Waals surface area contributed by atoms with Crippen LogP contribution in [0.25, 0.3) is 11.3 Å². The van der Waals surface area contributed by atoms with Crippen molar-refractivity contribution in [1.82, 2.24) is 15.2 Å². The molecule has 160 valence electrons. The van der Waals surface area contributed by atoms with Gasteiger partial charge in [0.25, 0.3) is 0 Å². The molecule has 0 aliphatic carbocycles. The van der Waals surface area contributed by atoms with Crippen LogP contribution in [0.5, 0.6) is 0 Å². The summed E-state index contributed by atoms with van der Waals surface area (Å²) in [5.74, 6) is 0.434. The number of nitrogens with one attached hydrogen (secondary N) is 1. The van der Waals surface area contributed by atoms with Crippen LogP contribution in [-0.4, -0.2) is 34.1 Å². The smallest absolute Gasteiger partial charge is 0.325 e. The Kier molecular flexibility index (Phi) is 6.33. The highest BCUT2D eigenvalue weighted by atomic mass is 79.9. The van der Waals surface area contributed by atoms with Crippen LogP contribution in [-0.2, 0) is 9.53 Å². The maximum atomic E-state index is 13.5. The molecule has 1 N–H and O–H groups in total. The Hall–Kier alpha value is -2.78. The lowest BCUT2D eigenvalue weighted by Gasteiger charge is -2.25. The Morgan fingerprint density at radius 3 is 2.87 bits per heavy atom. The second kappa shape index (κ2) is 9.15. The molecular formula is C22H19BrFN3O3S. The molecule has 0 unspecified atom stereocenters. The van der Waals surface area contributed by atoms with Crippen molar-refractivity contribution in [3.05, 3.63) is 76.5 Å². The Morgan fingerprint density at radius 2 is 2.16 bits per heavy atom. The second-order valence-corrected chi connectivity index (χ2v) is 8.13. The van der Waals surface area contributed by atoms with Crippen molar-refractivity contribution in [2.45, 2.75) is 19.0 Å². The van der Waals surface area contributed by atoms with E-state index in [0.29, 0.717) is 26.7 Å². The van der Waals surface area contributed by atoms with Crippen LogP contribution in [0, 0.1) is 5.82 Å². The van der Waals surface area contributed by atoms with Gasteiger partial charge >= 0.3 is 5.97 Å². The molecule has 0 spiro atoms. The molecule has 2 aromatic heterocycles. The first-order valence-corrected chi connectivity index (χ1v) is 10.9. The number of ether oxygens (including phenoxy) is 1. The fraction of sp³-hybridized carbons (Fsp3) is 0.227. The molecule has 1 aliphatic rings. The third kappa shape index (κ3) is 4.47. The number of aromatic nitrogens is 1. The highest BCUT2D eigenvalue weighted by Gasteiger charge is 2.42. The van der Waals surface area contributed by atoms with Gasteiger partial charge in [-0.1, -0.05) is 6.07 Å². The number of rotatable bonds is 6. The molecule has 2 atom stereocenters. The van der Waals surface area contributed by atoms with Crippen LogP contribution >= 0.6 is 28.1 Å². The number of carbonyl (C=O) groups is 1. The molecule has 3 heterocycles. The highest BCUT2D eigenvalue weighted by Crippen LogP contribution is 2.41. The van der Waals surface area contributed by atoms with Crippen molar-refractivity contribution in [3.8, 4) is 11.3 Å². The van der Waals surface area contributed by atoms with Crippen molar-refractivity contribution in [2.24, 2.45) is 0 Å². The molecule has 1 saturated heterocycles. The molecule has 0 radical (unpaired) electrons. The van der Waals surface area contributed by atoms with E-state index in [1.165, 1.54) is 12.1 Å². The minimum absolute atomic E-state index is 0.0239.